The minimum Gasteiger partial charge on any atom is -0.306 e. The van der Waals surface area contributed by atoms with E-state index in [1.807, 2.05) is 19.1 Å². The summed E-state index contributed by atoms with van der Waals surface area (Å²) < 4.78 is 2.54. The molecule has 3 amide bonds. The Hall–Kier alpha value is -3.00. The smallest absolute Gasteiger partial charge is 0.306 e. The van der Waals surface area contributed by atoms with Gasteiger partial charge in [-0.2, -0.15) is 0 Å². The number of aromatic amines is 2. The molecule has 128 valence electrons. The van der Waals surface area contributed by atoms with E-state index in [2.05, 4.69) is 20.0 Å². The monoisotopic (exact) mass is 356 g/mol. The van der Waals surface area contributed by atoms with Crippen LogP contribution in [0.1, 0.15) is 22.8 Å². The standard InChI is InChI=1S/C17H16N4O3S/c1-2-10-3-5-11(6-4-10)15(22)20-17(24)21-25-12-7-8-13-14(9-12)19-16(23)18-13/h3-9H,2H2,1H3,(H2,18,19,23)(H2,20,21,22,24). The number of aryl methyl sites for hydroxylation is 1. The summed E-state index contributed by atoms with van der Waals surface area (Å²) in [6.07, 6.45) is 0.885. The van der Waals surface area contributed by atoms with E-state index in [4.69, 9.17) is 0 Å². The Morgan fingerprint density at radius 3 is 2.48 bits per heavy atom. The highest BCUT2D eigenvalue weighted by Crippen LogP contribution is 2.18. The number of hydrogen-bond acceptors (Lipinski definition) is 4. The zero-order valence-electron chi connectivity index (χ0n) is 13.4. The molecule has 1 aromatic heterocycles. The second kappa shape index (κ2) is 7.27. The van der Waals surface area contributed by atoms with E-state index >= 15 is 0 Å². The number of hydrogen-bond donors (Lipinski definition) is 4. The van der Waals surface area contributed by atoms with Crippen LogP contribution in [0.25, 0.3) is 11.0 Å². The van der Waals surface area contributed by atoms with Crippen LogP contribution in [0.3, 0.4) is 0 Å². The van der Waals surface area contributed by atoms with Crippen LogP contribution in [-0.4, -0.2) is 21.9 Å². The number of urea groups is 1. The van der Waals surface area contributed by atoms with Crippen molar-refractivity contribution in [1.29, 1.82) is 0 Å². The average Bonchev–Trinajstić information content (AvgIpc) is 2.99. The summed E-state index contributed by atoms with van der Waals surface area (Å²) in [5, 5.41) is 2.27. The van der Waals surface area contributed by atoms with Gasteiger partial charge in [0.25, 0.3) is 5.91 Å². The lowest BCUT2D eigenvalue weighted by molar-refractivity contribution is 0.0965. The number of imide groups is 1. The predicted octanol–water partition coefficient (Wildman–Crippen LogP) is 2.57. The molecule has 0 spiro atoms. The molecule has 0 aliphatic carbocycles. The van der Waals surface area contributed by atoms with Crippen molar-refractivity contribution < 1.29 is 9.59 Å². The van der Waals surface area contributed by atoms with Crippen molar-refractivity contribution >= 4 is 34.9 Å². The van der Waals surface area contributed by atoms with Gasteiger partial charge in [-0.15, -0.1) is 0 Å². The van der Waals surface area contributed by atoms with Gasteiger partial charge in [0.2, 0.25) is 0 Å². The minimum atomic E-state index is -0.614. The zero-order valence-corrected chi connectivity index (χ0v) is 14.2. The van der Waals surface area contributed by atoms with Crippen molar-refractivity contribution in [3.8, 4) is 0 Å². The van der Waals surface area contributed by atoms with E-state index in [0.29, 0.717) is 16.6 Å². The third-order valence-corrected chi connectivity index (χ3v) is 4.38. The van der Waals surface area contributed by atoms with Gasteiger partial charge in [0.1, 0.15) is 0 Å². The van der Waals surface area contributed by atoms with E-state index in [1.54, 1.807) is 30.3 Å². The first kappa shape index (κ1) is 16.8. The Balaban J connectivity index is 1.57. The molecule has 4 N–H and O–H groups in total. The molecule has 0 saturated heterocycles. The highest BCUT2D eigenvalue weighted by molar-refractivity contribution is 7.98. The molecular weight excluding hydrogens is 340 g/mol. The van der Waals surface area contributed by atoms with Crippen LogP contribution in [0.4, 0.5) is 4.79 Å². The molecule has 25 heavy (non-hydrogen) atoms. The van der Waals surface area contributed by atoms with E-state index in [-0.39, 0.29) is 5.69 Å². The fourth-order valence-electron chi connectivity index (χ4n) is 2.27. The molecule has 0 fully saturated rings. The van der Waals surface area contributed by atoms with Crippen molar-refractivity contribution in [1.82, 2.24) is 20.0 Å². The van der Waals surface area contributed by atoms with Crippen molar-refractivity contribution in [2.45, 2.75) is 18.2 Å². The molecule has 3 rings (SSSR count). The summed E-state index contributed by atoms with van der Waals surface area (Å²) in [4.78, 5) is 41.1. The maximum Gasteiger partial charge on any atom is 0.331 e. The maximum absolute atomic E-state index is 12.0. The third-order valence-electron chi connectivity index (χ3n) is 3.60. The molecule has 0 aliphatic rings. The van der Waals surface area contributed by atoms with Gasteiger partial charge >= 0.3 is 11.7 Å². The number of carbonyl (C=O) groups excluding carboxylic acids is 2. The zero-order chi connectivity index (χ0) is 17.8. The number of aromatic nitrogens is 2. The van der Waals surface area contributed by atoms with E-state index in [1.165, 1.54) is 0 Å². The van der Waals surface area contributed by atoms with Crippen LogP contribution in [0.2, 0.25) is 0 Å². The lowest BCUT2D eigenvalue weighted by atomic mass is 10.1. The number of rotatable bonds is 4. The fourth-order valence-corrected chi connectivity index (χ4v) is 2.85. The average molecular weight is 356 g/mol. The highest BCUT2D eigenvalue weighted by Gasteiger charge is 2.10. The van der Waals surface area contributed by atoms with Crippen LogP contribution >= 0.6 is 11.9 Å². The van der Waals surface area contributed by atoms with Crippen LogP contribution < -0.4 is 15.7 Å². The van der Waals surface area contributed by atoms with Gasteiger partial charge in [-0.25, -0.2) is 9.59 Å². The number of carbonyl (C=O) groups is 2. The molecular formula is C17H16N4O3S. The predicted molar refractivity (Wildman–Crippen MR) is 96.6 cm³/mol. The van der Waals surface area contributed by atoms with Gasteiger partial charge < -0.3 is 9.97 Å². The lowest BCUT2D eigenvalue weighted by Gasteiger charge is -2.06. The second-order valence-electron chi connectivity index (χ2n) is 5.32. The van der Waals surface area contributed by atoms with E-state index < -0.39 is 11.9 Å². The van der Waals surface area contributed by atoms with Gasteiger partial charge in [-0.3, -0.25) is 14.8 Å². The Morgan fingerprint density at radius 1 is 1.04 bits per heavy atom. The van der Waals surface area contributed by atoms with Gasteiger partial charge in [0.05, 0.1) is 11.0 Å². The Kier molecular flexibility index (Phi) is 4.90. The molecule has 1 heterocycles. The van der Waals surface area contributed by atoms with Crippen molar-refractivity contribution in [2.75, 3.05) is 0 Å². The molecule has 2 aromatic carbocycles. The van der Waals surface area contributed by atoms with Crippen LogP contribution in [-0.2, 0) is 6.42 Å². The summed E-state index contributed by atoms with van der Waals surface area (Å²) in [6, 6.07) is 11.7. The van der Waals surface area contributed by atoms with Gasteiger partial charge in [0, 0.05) is 10.5 Å². The number of H-pyrrole nitrogens is 2. The molecule has 8 heteroatoms. The molecule has 0 aliphatic heterocycles. The SMILES string of the molecule is CCc1ccc(C(=O)NC(=O)NSc2ccc3[nH]c(=O)[nH]c3c2)cc1. The van der Waals surface area contributed by atoms with Gasteiger partial charge in [-0.05, 0) is 54.3 Å². The third kappa shape index (κ3) is 4.10. The Morgan fingerprint density at radius 2 is 1.76 bits per heavy atom. The van der Waals surface area contributed by atoms with Crippen molar-refractivity contribution in [3.05, 3.63) is 64.1 Å². The first-order chi connectivity index (χ1) is 12.0. The molecule has 0 unspecified atom stereocenters. The van der Waals surface area contributed by atoms with Crippen LogP contribution in [0.15, 0.2) is 52.2 Å². The minimum absolute atomic E-state index is 0.289. The van der Waals surface area contributed by atoms with Crippen LogP contribution in [0.5, 0.6) is 0 Å². The summed E-state index contributed by atoms with van der Waals surface area (Å²) >= 11 is 1.05. The van der Waals surface area contributed by atoms with Crippen LogP contribution in [0, 0.1) is 0 Å². The topological polar surface area (TPSA) is 107 Å². The number of benzene rings is 2. The number of imidazole rings is 1. The molecule has 7 nitrogen and oxygen atoms in total. The Bertz CT molecular complexity index is 975. The van der Waals surface area contributed by atoms with Gasteiger partial charge in [-0.1, -0.05) is 19.1 Å². The summed E-state index contributed by atoms with van der Waals surface area (Å²) in [5.74, 6) is -0.467. The molecule has 0 atom stereocenters. The quantitative estimate of drug-likeness (QED) is 0.539. The maximum atomic E-state index is 12.0. The first-order valence-electron chi connectivity index (χ1n) is 7.64. The first-order valence-corrected chi connectivity index (χ1v) is 8.46. The summed E-state index contributed by atoms with van der Waals surface area (Å²) in [7, 11) is 0. The highest BCUT2D eigenvalue weighted by atomic mass is 32.2. The van der Waals surface area contributed by atoms with Crippen molar-refractivity contribution in [2.24, 2.45) is 0 Å². The van der Waals surface area contributed by atoms with E-state index in [9.17, 15) is 14.4 Å². The second-order valence-corrected chi connectivity index (χ2v) is 6.20. The number of amides is 3. The fraction of sp³-hybridized carbons (Fsp3) is 0.118. The molecule has 0 radical (unpaired) electrons. The summed E-state index contributed by atoms with van der Waals surface area (Å²) in [5.41, 5.74) is 2.58. The lowest BCUT2D eigenvalue weighted by Crippen LogP contribution is -2.36. The summed E-state index contributed by atoms with van der Waals surface area (Å²) in [6.45, 7) is 2.03. The number of fused-ring (bicyclic) bond motifs is 1. The Labute approximate surface area is 147 Å². The van der Waals surface area contributed by atoms with Gasteiger partial charge in [0.15, 0.2) is 0 Å². The molecule has 3 aromatic rings. The largest absolute Gasteiger partial charge is 0.331 e. The number of nitrogens with one attached hydrogen (secondary N) is 4. The normalized spacial score (nSPS) is 10.6. The van der Waals surface area contributed by atoms with E-state index in [0.717, 1.165) is 28.8 Å². The van der Waals surface area contributed by atoms with Crippen molar-refractivity contribution in [3.63, 3.8) is 0 Å². The molecule has 0 saturated carbocycles. The molecule has 0 bridgehead atoms.